The van der Waals surface area contributed by atoms with Gasteiger partial charge in [0, 0.05) is 43.2 Å². The van der Waals surface area contributed by atoms with E-state index in [1.165, 1.54) is 17.7 Å². The first-order valence-electron chi connectivity index (χ1n) is 9.86. The van der Waals surface area contributed by atoms with Crippen molar-refractivity contribution in [1.82, 2.24) is 9.88 Å². The van der Waals surface area contributed by atoms with E-state index >= 15 is 0 Å². The molecule has 6 heteroatoms. The molecule has 29 heavy (non-hydrogen) atoms. The molecule has 1 saturated heterocycles. The van der Waals surface area contributed by atoms with Gasteiger partial charge in [-0.1, -0.05) is 30.3 Å². The molecule has 0 saturated carbocycles. The number of amides is 1. The summed E-state index contributed by atoms with van der Waals surface area (Å²) in [6.07, 6.45) is 6.54. The molecule has 1 aliphatic heterocycles. The lowest BCUT2D eigenvalue weighted by Gasteiger charge is -2.32. The molecule has 2 heterocycles. The SMILES string of the molecule is O=C(c1c[nH]cc1-c1ccc([N+](=O)[O-])cc1)N1CCC(Cc2ccccc2)CC1. The molecule has 148 valence electrons. The number of hydrogen-bond donors (Lipinski definition) is 1. The minimum Gasteiger partial charge on any atom is -0.366 e. The second-order valence-electron chi connectivity index (χ2n) is 7.51. The van der Waals surface area contributed by atoms with Crippen LogP contribution in [0, 0.1) is 16.0 Å². The van der Waals surface area contributed by atoms with Gasteiger partial charge in [-0.25, -0.2) is 0 Å². The topological polar surface area (TPSA) is 79.2 Å². The van der Waals surface area contributed by atoms with E-state index in [1.807, 2.05) is 11.0 Å². The lowest BCUT2D eigenvalue weighted by atomic mass is 9.90. The van der Waals surface area contributed by atoms with E-state index in [-0.39, 0.29) is 11.6 Å². The smallest absolute Gasteiger partial charge is 0.269 e. The second kappa shape index (κ2) is 8.31. The minimum atomic E-state index is -0.424. The molecule has 0 spiro atoms. The molecule has 2 aromatic carbocycles. The number of nitrogens with zero attached hydrogens (tertiary/aromatic N) is 2. The van der Waals surface area contributed by atoms with Crippen LogP contribution in [0.5, 0.6) is 0 Å². The first-order valence-corrected chi connectivity index (χ1v) is 9.86. The van der Waals surface area contributed by atoms with E-state index in [4.69, 9.17) is 0 Å². The molecule has 6 nitrogen and oxygen atoms in total. The average Bonchev–Trinajstić information content (AvgIpc) is 3.24. The largest absolute Gasteiger partial charge is 0.366 e. The lowest BCUT2D eigenvalue weighted by Crippen LogP contribution is -2.39. The van der Waals surface area contributed by atoms with Crippen molar-refractivity contribution in [2.24, 2.45) is 5.92 Å². The highest BCUT2D eigenvalue weighted by atomic mass is 16.6. The fourth-order valence-corrected chi connectivity index (χ4v) is 4.00. The number of H-pyrrole nitrogens is 1. The predicted octanol–water partition coefficient (Wildman–Crippen LogP) is 4.68. The van der Waals surface area contributed by atoms with E-state index < -0.39 is 4.92 Å². The number of carbonyl (C=O) groups excluding carboxylic acids is 1. The number of nitro benzene ring substituents is 1. The highest BCUT2D eigenvalue weighted by molar-refractivity contribution is 6.00. The normalized spacial score (nSPS) is 14.7. The fourth-order valence-electron chi connectivity index (χ4n) is 4.00. The monoisotopic (exact) mass is 389 g/mol. The predicted molar refractivity (Wildman–Crippen MR) is 112 cm³/mol. The number of likely N-dealkylation sites (tertiary alicyclic amines) is 1. The maximum Gasteiger partial charge on any atom is 0.269 e. The van der Waals surface area contributed by atoms with Crippen molar-refractivity contribution in [2.75, 3.05) is 13.1 Å². The van der Waals surface area contributed by atoms with Crippen LogP contribution in [0.25, 0.3) is 11.1 Å². The zero-order chi connectivity index (χ0) is 20.2. The summed E-state index contributed by atoms with van der Waals surface area (Å²) < 4.78 is 0. The highest BCUT2D eigenvalue weighted by Crippen LogP contribution is 2.28. The van der Waals surface area contributed by atoms with Gasteiger partial charge in [0.1, 0.15) is 0 Å². The highest BCUT2D eigenvalue weighted by Gasteiger charge is 2.26. The summed E-state index contributed by atoms with van der Waals surface area (Å²) in [5.74, 6) is 0.611. The number of non-ortho nitro benzene ring substituents is 1. The number of aromatic nitrogens is 1. The molecule has 0 radical (unpaired) electrons. The standard InChI is InChI=1S/C23H23N3O3/c27-23(25-12-10-18(11-13-25)14-17-4-2-1-3-5-17)22-16-24-15-21(22)19-6-8-20(9-7-19)26(28)29/h1-9,15-16,18,24H,10-14H2. The molecule has 0 unspecified atom stereocenters. The Kier molecular flexibility index (Phi) is 5.42. The van der Waals surface area contributed by atoms with Crippen LogP contribution in [0.2, 0.25) is 0 Å². The van der Waals surface area contributed by atoms with E-state index in [0.29, 0.717) is 11.5 Å². The van der Waals surface area contributed by atoms with Gasteiger partial charge in [-0.05, 0) is 48.4 Å². The Bertz CT molecular complexity index is 988. The summed E-state index contributed by atoms with van der Waals surface area (Å²) in [4.78, 5) is 28.5. The van der Waals surface area contributed by atoms with Crippen molar-refractivity contribution in [3.05, 3.63) is 88.2 Å². The van der Waals surface area contributed by atoms with Gasteiger partial charge >= 0.3 is 0 Å². The molecule has 3 aromatic rings. The van der Waals surface area contributed by atoms with E-state index in [2.05, 4.69) is 29.2 Å². The number of nitro groups is 1. The van der Waals surface area contributed by atoms with Crippen LogP contribution in [0.1, 0.15) is 28.8 Å². The van der Waals surface area contributed by atoms with Gasteiger partial charge in [0.15, 0.2) is 0 Å². The third-order valence-electron chi connectivity index (χ3n) is 5.63. The van der Waals surface area contributed by atoms with Crippen LogP contribution in [-0.4, -0.2) is 33.8 Å². The van der Waals surface area contributed by atoms with Crippen LogP contribution in [-0.2, 0) is 6.42 Å². The number of hydrogen-bond acceptors (Lipinski definition) is 3. The van der Waals surface area contributed by atoms with Crippen molar-refractivity contribution >= 4 is 11.6 Å². The molecule has 1 aliphatic rings. The molecule has 0 atom stereocenters. The number of piperidine rings is 1. The third kappa shape index (κ3) is 4.21. The molecule has 1 fully saturated rings. The maximum atomic E-state index is 13.1. The Morgan fingerprint density at radius 1 is 1.03 bits per heavy atom. The Morgan fingerprint density at radius 2 is 1.72 bits per heavy atom. The third-order valence-corrected chi connectivity index (χ3v) is 5.63. The van der Waals surface area contributed by atoms with Gasteiger partial charge in [0.2, 0.25) is 0 Å². The lowest BCUT2D eigenvalue weighted by molar-refractivity contribution is -0.384. The van der Waals surface area contributed by atoms with Gasteiger partial charge in [-0.2, -0.15) is 0 Å². The van der Waals surface area contributed by atoms with Crippen LogP contribution >= 0.6 is 0 Å². The van der Waals surface area contributed by atoms with Crippen LogP contribution < -0.4 is 0 Å². The van der Waals surface area contributed by atoms with E-state index in [1.54, 1.807) is 24.5 Å². The van der Waals surface area contributed by atoms with E-state index in [0.717, 1.165) is 43.5 Å². The first kappa shape index (κ1) is 18.9. The molecule has 0 bridgehead atoms. The van der Waals surface area contributed by atoms with Crippen molar-refractivity contribution in [2.45, 2.75) is 19.3 Å². The molecule has 0 aliphatic carbocycles. The number of benzene rings is 2. The van der Waals surface area contributed by atoms with Crippen molar-refractivity contribution < 1.29 is 9.72 Å². The zero-order valence-electron chi connectivity index (χ0n) is 16.1. The molecular formula is C23H23N3O3. The zero-order valence-corrected chi connectivity index (χ0v) is 16.1. The van der Waals surface area contributed by atoms with Gasteiger partial charge < -0.3 is 9.88 Å². The summed E-state index contributed by atoms with van der Waals surface area (Å²) in [6.45, 7) is 1.50. The minimum absolute atomic E-state index is 0.0118. The fraction of sp³-hybridized carbons (Fsp3) is 0.261. The summed E-state index contributed by atoms with van der Waals surface area (Å²) in [6, 6.07) is 16.8. The van der Waals surface area contributed by atoms with Crippen molar-refractivity contribution in [3.8, 4) is 11.1 Å². The number of carbonyl (C=O) groups is 1. The Labute approximate surface area is 169 Å². The van der Waals surface area contributed by atoms with Crippen LogP contribution in [0.15, 0.2) is 67.0 Å². The van der Waals surface area contributed by atoms with Crippen LogP contribution in [0.3, 0.4) is 0 Å². The first-order chi connectivity index (χ1) is 14.1. The average molecular weight is 389 g/mol. The second-order valence-corrected chi connectivity index (χ2v) is 7.51. The van der Waals surface area contributed by atoms with Crippen LogP contribution in [0.4, 0.5) is 5.69 Å². The van der Waals surface area contributed by atoms with Gasteiger partial charge in [0.25, 0.3) is 11.6 Å². The maximum absolute atomic E-state index is 13.1. The molecule has 4 rings (SSSR count). The summed E-state index contributed by atoms with van der Waals surface area (Å²) in [5, 5.41) is 10.9. The molecule has 1 N–H and O–H groups in total. The number of aromatic amines is 1. The van der Waals surface area contributed by atoms with Crippen molar-refractivity contribution in [1.29, 1.82) is 0 Å². The van der Waals surface area contributed by atoms with Gasteiger partial charge in [-0.3, -0.25) is 14.9 Å². The molecule has 1 amide bonds. The number of rotatable bonds is 5. The quantitative estimate of drug-likeness (QED) is 0.508. The summed E-state index contributed by atoms with van der Waals surface area (Å²) in [7, 11) is 0. The Morgan fingerprint density at radius 3 is 2.38 bits per heavy atom. The molecular weight excluding hydrogens is 366 g/mol. The van der Waals surface area contributed by atoms with Gasteiger partial charge in [-0.15, -0.1) is 0 Å². The Balaban J connectivity index is 1.42. The summed E-state index contributed by atoms with van der Waals surface area (Å²) in [5.41, 5.74) is 3.57. The van der Waals surface area contributed by atoms with E-state index in [9.17, 15) is 14.9 Å². The molecule has 1 aromatic heterocycles. The van der Waals surface area contributed by atoms with Gasteiger partial charge in [0.05, 0.1) is 10.5 Å². The Hall–Kier alpha value is -3.41. The summed E-state index contributed by atoms with van der Waals surface area (Å²) >= 11 is 0. The number of nitrogens with one attached hydrogen (secondary N) is 1. The van der Waals surface area contributed by atoms with Crippen molar-refractivity contribution in [3.63, 3.8) is 0 Å².